The summed E-state index contributed by atoms with van der Waals surface area (Å²) in [5, 5.41) is 2.81. The fourth-order valence-electron chi connectivity index (χ4n) is 1.96. The van der Waals surface area contributed by atoms with Crippen LogP contribution in [0.2, 0.25) is 0 Å². The molecule has 2 aromatic rings. The van der Waals surface area contributed by atoms with Gasteiger partial charge in [-0.3, -0.25) is 9.59 Å². The SMILES string of the molecule is CC(C)NC(=O)c1ccccc1C(=O)c1ccccc1. The molecule has 3 heteroatoms. The fraction of sp³-hybridized carbons (Fsp3) is 0.176. The molecule has 2 rings (SSSR count). The molecule has 2 aromatic carbocycles. The van der Waals surface area contributed by atoms with Crippen molar-refractivity contribution >= 4 is 11.7 Å². The van der Waals surface area contributed by atoms with Gasteiger partial charge in [-0.1, -0.05) is 48.5 Å². The Kier molecular flexibility index (Phi) is 4.31. The van der Waals surface area contributed by atoms with Crippen LogP contribution in [0.4, 0.5) is 0 Å². The van der Waals surface area contributed by atoms with Crippen LogP contribution < -0.4 is 5.32 Å². The van der Waals surface area contributed by atoms with E-state index in [1.165, 1.54) is 0 Å². The monoisotopic (exact) mass is 267 g/mol. The van der Waals surface area contributed by atoms with Crippen LogP contribution in [0.5, 0.6) is 0 Å². The molecule has 1 amide bonds. The van der Waals surface area contributed by atoms with Gasteiger partial charge in [-0.15, -0.1) is 0 Å². The fourth-order valence-corrected chi connectivity index (χ4v) is 1.96. The number of carbonyl (C=O) groups excluding carboxylic acids is 2. The first-order valence-corrected chi connectivity index (χ1v) is 6.59. The van der Waals surface area contributed by atoms with Crippen LogP contribution in [0.25, 0.3) is 0 Å². The maximum Gasteiger partial charge on any atom is 0.252 e. The van der Waals surface area contributed by atoms with Crippen LogP contribution in [-0.2, 0) is 0 Å². The molecule has 102 valence electrons. The number of rotatable bonds is 4. The molecule has 0 aliphatic carbocycles. The average molecular weight is 267 g/mol. The van der Waals surface area contributed by atoms with Gasteiger partial charge < -0.3 is 5.32 Å². The molecule has 3 nitrogen and oxygen atoms in total. The molecule has 0 spiro atoms. The number of nitrogens with one attached hydrogen (secondary N) is 1. The van der Waals surface area contributed by atoms with Gasteiger partial charge in [-0.05, 0) is 19.9 Å². The molecule has 0 fully saturated rings. The third-order valence-corrected chi connectivity index (χ3v) is 2.87. The van der Waals surface area contributed by atoms with E-state index >= 15 is 0 Å². The van der Waals surface area contributed by atoms with Crippen molar-refractivity contribution in [1.82, 2.24) is 5.32 Å². The van der Waals surface area contributed by atoms with E-state index in [2.05, 4.69) is 5.32 Å². The molecule has 0 unspecified atom stereocenters. The predicted octanol–water partition coefficient (Wildman–Crippen LogP) is 3.06. The standard InChI is InChI=1S/C17H17NO2/c1-12(2)18-17(20)15-11-7-6-10-14(15)16(19)13-8-4-3-5-9-13/h3-12H,1-2H3,(H,18,20). The summed E-state index contributed by atoms with van der Waals surface area (Å²) in [7, 11) is 0. The maximum absolute atomic E-state index is 12.5. The second-order valence-electron chi connectivity index (χ2n) is 4.87. The molecule has 0 aliphatic rings. The lowest BCUT2D eigenvalue weighted by Crippen LogP contribution is -2.31. The Bertz CT molecular complexity index is 618. The quantitative estimate of drug-likeness (QED) is 0.865. The van der Waals surface area contributed by atoms with Crippen molar-refractivity contribution in [2.24, 2.45) is 0 Å². The molecule has 1 N–H and O–H groups in total. The van der Waals surface area contributed by atoms with E-state index in [0.717, 1.165) is 0 Å². The van der Waals surface area contributed by atoms with Crippen LogP contribution in [0.1, 0.15) is 40.1 Å². The lowest BCUT2D eigenvalue weighted by Gasteiger charge is -2.11. The topological polar surface area (TPSA) is 46.2 Å². The molecule has 0 aromatic heterocycles. The van der Waals surface area contributed by atoms with Crippen molar-refractivity contribution in [2.45, 2.75) is 19.9 Å². The minimum Gasteiger partial charge on any atom is -0.350 e. The molecule has 0 saturated heterocycles. The van der Waals surface area contributed by atoms with E-state index in [1.807, 2.05) is 32.0 Å². The molecule has 20 heavy (non-hydrogen) atoms. The van der Waals surface area contributed by atoms with Crippen molar-refractivity contribution in [1.29, 1.82) is 0 Å². The Morgan fingerprint density at radius 2 is 1.40 bits per heavy atom. The second kappa shape index (κ2) is 6.15. The number of hydrogen-bond donors (Lipinski definition) is 1. The first-order chi connectivity index (χ1) is 9.59. The summed E-state index contributed by atoms with van der Waals surface area (Å²) in [4.78, 5) is 24.6. The van der Waals surface area contributed by atoms with Gasteiger partial charge in [-0.25, -0.2) is 0 Å². The van der Waals surface area contributed by atoms with Gasteiger partial charge >= 0.3 is 0 Å². The van der Waals surface area contributed by atoms with E-state index < -0.39 is 0 Å². The van der Waals surface area contributed by atoms with Crippen LogP contribution >= 0.6 is 0 Å². The lowest BCUT2D eigenvalue weighted by molar-refractivity contribution is 0.0932. The number of ketones is 1. The van der Waals surface area contributed by atoms with Crippen molar-refractivity contribution in [3.63, 3.8) is 0 Å². The van der Waals surface area contributed by atoms with Crippen molar-refractivity contribution in [3.05, 3.63) is 71.3 Å². The Balaban J connectivity index is 2.38. The van der Waals surface area contributed by atoms with Gasteiger partial charge in [0.2, 0.25) is 0 Å². The minimum atomic E-state index is -0.222. The van der Waals surface area contributed by atoms with Gasteiger partial charge in [0.1, 0.15) is 0 Å². The smallest absolute Gasteiger partial charge is 0.252 e. The summed E-state index contributed by atoms with van der Waals surface area (Å²) in [6.45, 7) is 3.78. The van der Waals surface area contributed by atoms with Gasteiger partial charge in [0.05, 0.1) is 5.56 Å². The van der Waals surface area contributed by atoms with E-state index in [1.54, 1.807) is 36.4 Å². The van der Waals surface area contributed by atoms with E-state index in [9.17, 15) is 9.59 Å². The third kappa shape index (κ3) is 3.12. The molecule has 0 heterocycles. The Labute approximate surface area is 118 Å². The van der Waals surface area contributed by atoms with E-state index in [4.69, 9.17) is 0 Å². The summed E-state index contributed by atoms with van der Waals surface area (Å²) in [5.74, 6) is -0.361. The van der Waals surface area contributed by atoms with Crippen molar-refractivity contribution in [3.8, 4) is 0 Å². The second-order valence-corrected chi connectivity index (χ2v) is 4.87. The van der Waals surface area contributed by atoms with Crippen LogP contribution in [0.3, 0.4) is 0 Å². The highest BCUT2D eigenvalue weighted by Crippen LogP contribution is 2.14. The minimum absolute atomic E-state index is 0.0300. The molecule has 0 radical (unpaired) electrons. The number of hydrogen-bond acceptors (Lipinski definition) is 2. The molecular weight excluding hydrogens is 250 g/mol. The zero-order valence-corrected chi connectivity index (χ0v) is 11.6. The van der Waals surface area contributed by atoms with Crippen molar-refractivity contribution in [2.75, 3.05) is 0 Å². The summed E-state index contributed by atoms with van der Waals surface area (Å²) in [5.41, 5.74) is 1.42. The van der Waals surface area contributed by atoms with Crippen LogP contribution in [0, 0.1) is 0 Å². The largest absolute Gasteiger partial charge is 0.350 e. The summed E-state index contributed by atoms with van der Waals surface area (Å²) >= 11 is 0. The number of carbonyl (C=O) groups is 2. The molecular formula is C17H17NO2. The highest BCUT2D eigenvalue weighted by Gasteiger charge is 2.17. The normalized spacial score (nSPS) is 10.3. The van der Waals surface area contributed by atoms with Gasteiger partial charge in [-0.2, -0.15) is 0 Å². The van der Waals surface area contributed by atoms with Crippen molar-refractivity contribution < 1.29 is 9.59 Å². The molecule has 0 aliphatic heterocycles. The van der Waals surface area contributed by atoms with E-state index in [0.29, 0.717) is 16.7 Å². The van der Waals surface area contributed by atoms with Gasteiger partial charge in [0.15, 0.2) is 5.78 Å². The van der Waals surface area contributed by atoms with Gasteiger partial charge in [0, 0.05) is 17.2 Å². The number of benzene rings is 2. The average Bonchev–Trinajstić information content (AvgIpc) is 2.46. The lowest BCUT2D eigenvalue weighted by atomic mass is 9.98. The van der Waals surface area contributed by atoms with Gasteiger partial charge in [0.25, 0.3) is 5.91 Å². The first kappa shape index (κ1) is 14.0. The highest BCUT2D eigenvalue weighted by atomic mass is 16.2. The zero-order valence-electron chi connectivity index (χ0n) is 11.6. The zero-order chi connectivity index (χ0) is 14.5. The molecule has 0 saturated carbocycles. The first-order valence-electron chi connectivity index (χ1n) is 6.59. The Morgan fingerprint density at radius 1 is 0.850 bits per heavy atom. The molecule has 0 bridgehead atoms. The maximum atomic E-state index is 12.5. The third-order valence-electron chi connectivity index (χ3n) is 2.87. The summed E-state index contributed by atoms with van der Waals surface area (Å²) in [6.07, 6.45) is 0. The summed E-state index contributed by atoms with van der Waals surface area (Å²) < 4.78 is 0. The Hall–Kier alpha value is -2.42. The number of amides is 1. The predicted molar refractivity (Wildman–Crippen MR) is 78.9 cm³/mol. The van der Waals surface area contributed by atoms with Crippen LogP contribution in [0.15, 0.2) is 54.6 Å². The highest BCUT2D eigenvalue weighted by molar-refractivity contribution is 6.15. The van der Waals surface area contributed by atoms with E-state index in [-0.39, 0.29) is 17.7 Å². The Morgan fingerprint density at radius 3 is 2.00 bits per heavy atom. The summed E-state index contributed by atoms with van der Waals surface area (Å²) in [6, 6.07) is 15.9. The molecule has 0 atom stereocenters. The van der Waals surface area contributed by atoms with Crippen LogP contribution in [-0.4, -0.2) is 17.7 Å².